The summed E-state index contributed by atoms with van der Waals surface area (Å²) < 4.78 is 12.8. The first-order valence-corrected chi connectivity index (χ1v) is 7.17. The summed E-state index contributed by atoms with van der Waals surface area (Å²) in [5, 5.41) is 1.22. The van der Waals surface area contributed by atoms with Gasteiger partial charge in [-0.3, -0.25) is 0 Å². The summed E-state index contributed by atoms with van der Waals surface area (Å²) in [5.41, 5.74) is 2.34. The van der Waals surface area contributed by atoms with E-state index in [2.05, 4.69) is 49.5 Å². The third-order valence-corrected chi connectivity index (χ3v) is 3.40. The van der Waals surface area contributed by atoms with Crippen LogP contribution in [0, 0.1) is 0 Å². The molecular weight excluding hydrogens is 252 g/mol. The molecule has 0 N–H and O–H groups in total. The van der Waals surface area contributed by atoms with E-state index in [0.717, 1.165) is 5.65 Å². The molecule has 2 aromatic heterocycles. The van der Waals surface area contributed by atoms with Gasteiger partial charge in [-0.05, 0) is 31.4 Å². The zero-order valence-electron chi connectivity index (χ0n) is 13.0. The third kappa shape index (κ3) is 2.96. The molecule has 2 rings (SSSR count). The van der Waals surface area contributed by atoms with Crippen LogP contribution in [0.2, 0.25) is 0 Å². The highest BCUT2D eigenvalue weighted by atomic mass is 16.5. The second kappa shape index (κ2) is 6.27. The SMILES string of the molecule is COCCOc1ccc2c(C(C)C)cn(C(C)C)c2n1. The van der Waals surface area contributed by atoms with Crippen LogP contribution in [0.15, 0.2) is 18.3 Å². The van der Waals surface area contributed by atoms with Gasteiger partial charge >= 0.3 is 0 Å². The molecule has 0 aromatic carbocycles. The summed E-state index contributed by atoms with van der Waals surface area (Å²) in [4.78, 5) is 4.66. The number of fused-ring (bicyclic) bond motifs is 1. The number of methoxy groups -OCH3 is 1. The van der Waals surface area contributed by atoms with Crippen molar-refractivity contribution in [3.05, 3.63) is 23.9 Å². The van der Waals surface area contributed by atoms with Crippen molar-refractivity contribution in [3.8, 4) is 5.88 Å². The van der Waals surface area contributed by atoms with Crippen LogP contribution >= 0.6 is 0 Å². The monoisotopic (exact) mass is 276 g/mol. The van der Waals surface area contributed by atoms with Gasteiger partial charge in [0.25, 0.3) is 0 Å². The van der Waals surface area contributed by atoms with E-state index >= 15 is 0 Å². The number of hydrogen-bond donors (Lipinski definition) is 0. The summed E-state index contributed by atoms with van der Waals surface area (Å²) in [6.45, 7) is 9.86. The average Bonchev–Trinajstić information content (AvgIpc) is 2.78. The summed E-state index contributed by atoms with van der Waals surface area (Å²) in [6.07, 6.45) is 2.21. The van der Waals surface area contributed by atoms with Gasteiger partial charge in [-0.1, -0.05) is 13.8 Å². The lowest BCUT2D eigenvalue weighted by Gasteiger charge is -2.09. The molecule has 0 amide bonds. The Morgan fingerprint density at radius 1 is 1.15 bits per heavy atom. The fourth-order valence-corrected chi connectivity index (χ4v) is 2.30. The summed E-state index contributed by atoms with van der Waals surface area (Å²) in [5.74, 6) is 1.14. The largest absolute Gasteiger partial charge is 0.475 e. The molecule has 0 bridgehead atoms. The normalized spacial score (nSPS) is 11.8. The standard InChI is InChI=1S/C16H24N2O2/c1-11(2)14-10-18(12(3)4)16-13(14)6-7-15(17-16)20-9-8-19-5/h6-7,10-12H,8-9H2,1-5H3. The Morgan fingerprint density at radius 3 is 2.50 bits per heavy atom. The Balaban J connectivity index is 2.41. The quantitative estimate of drug-likeness (QED) is 0.754. The zero-order chi connectivity index (χ0) is 14.7. The van der Waals surface area contributed by atoms with Crippen molar-refractivity contribution in [2.75, 3.05) is 20.3 Å². The molecule has 0 saturated carbocycles. The molecule has 0 aliphatic heterocycles. The van der Waals surface area contributed by atoms with E-state index in [1.54, 1.807) is 7.11 Å². The van der Waals surface area contributed by atoms with Gasteiger partial charge in [0.05, 0.1) is 6.61 Å². The zero-order valence-corrected chi connectivity index (χ0v) is 13.0. The number of pyridine rings is 1. The molecule has 0 atom stereocenters. The van der Waals surface area contributed by atoms with Gasteiger partial charge < -0.3 is 14.0 Å². The van der Waals surface area contributed by atoms with Crippen molar-refractivity contribution >= 4 is 11.0 Å². The smallest absolute Gasteiger partial charge is 0.215 e. The Kier molecular flexibility index (Phi) is 4.65. The minimum Gasteiger partial charge on any atom is -0.475 e. The van der Waals surface area contributed by atoms with Crippen molar-refractivity contribution in [1.82, 2.24) is 9.55 Å². The van der Waals surface area contributed by atoms with E-state index in [1.165, 1.54) is 10.9 Å². The second-order valence-corrected chi connectivity index (χ2v) is 5.60. The molecule has 0 fully saturated rings. The Labute approximate surface area is 120 Å². The fourth-order valence-electron chi connectivity index (χ4n) is 2.30. The molecule has 20 heavy (non-hydrogen) atoms. The molecule has 2 heterocycles. The first-order valence-electron chi connectivity index (χ1n) is 7.17. The lowest BCUT2D eigenvalue weighted by Crippen LogP contribution is -2.06. The van der Waals surface area contributed by atoms with E-state index in [1.807, 2.05) is 6.07 Å². The maximum atomic E-state index is 5.61. The van der Waals surface area contributed by atoms with Gasteiger partial charge in [-0.2, -0.15) is 4.98 Å². The van der Waals surface area contributed by atoms with Crippen LogP contribution in [-0.4, -0.2) is 29.9 Å². The minimum absolute atomic E-state index is 0.381. The molecule has 4 heteroatoms. The van der Waals surface area contributed by atoms with Crippen LogP contribution in [0.1, 0.15) is 45.2 Å². The molecule has 0 spiro atoms. The second-order valence-electron chi connectivity index (χ2n) is 5.60. The molecular formula is C16H24N2O2. The van der Waals surface area contributed by atoms with E-state index in [-0.39, 0.29) is 0 Å². The lowest BCUT2D eigenvalue weighted by molar-refractivity contribution is 0.144. The highest BCUT2D eigenvalue weighted by Gasteiger charge is 2.15. The predicted molar refractivity (Wildman–Crippen MR) is 81.6 cm³/mol. The summed E-state index contributed by atoms with van der Waals surface area (Å²) in [6, 6.07) is 4.43. The molecule has 4 nitrogen and oxygen atoms in total. The van der Waals surface area contributed by atoms with Crippen molar-refractivity contribution in [3.63, 3.8) is 0 Å². The minimum atomic E-state index is 0.381. The number of rotatable bonds is 6. The van der Waals surface area contributed by atoms with Gasteiger partial charge in [0.1, 0.15) is 12.3 Å². The summed E-state index contributed by atoms with van der Waals surface area (Å²) in [7, 11) is 1.67. The van der Waals surface area contributed by atoms with Gasteiger partial charge in [0, 0.05) is 30.8 Å². The molecule has 0 radical (unpaired) electrons. The van der Waals surface area contributed by atoms with Gasteiger partial charge in [0.2, 0.25) is 5.88 Å². The van der Waals surface area contributed by atoms with Crippen molar-refractivity contribution in [1.29, 1.82) is 0 Å². The maximum Gasteiger partial charge on any atom is 0.215 e. The van der Waals surface area contributed by atoms with Crippen molar-refractivity contribution in [2.24, 2.45) is 0 Å². The van der Waals surface area contributed by atoms with E-state index in [9.17, 15) is 0 Å². The Hall–Kier alpha value is -1.55. The van der Waals surface area contributed by atoms with E-state index in [0.29, 0.717) is 31.1 Å². The number of nitrogens with zero attached hydrogens (tertiary/aromatic N) is 2. The maximum absolute atomic E-state index is 5.61. The van der Waals surface area contributed by atoms with Crippen LogP contribution in [0.5, 0.6) is 5.88 Å². The average molecular weight is 276 g/mol. The van der Waals surface area contributed by atoms with E-state index in [4.69, 9.17) is 9.47 Å². The molecule has 0 saturated heterocycles. The third-order valence-electron chi connectivity index (χ3n) is 3.40. The molecule has 0 aliphatic rings. The Bertz CT molecular complexity index is 573. The van der Waals surface area contributed by atoms with Gasteiger partial charge in [-0.15, -0.1) is 0 Å². The first-order chi connectivity index (χ1) is 9.54. The lowest BCUT2D eigenvalue weighted by atomic mass is 10.0. The molecule has 2 aromatic rings. The molecule has 0 unspecified atom stereocenters. The van der Waals surface area contributed by atoms with Crippen molar-refractivity contribution in [2.45, 2.75) is 39.7 Å². The highest BCUT2D eigenvalue weighted by Crippen LogP contribution is 2.30. The number of aromatic nitrogens is 2. The Morgan fingerprint density at radius 2 is 1.90 bits per heavy atom. The number of ether oxygens (including phenoxy) is 2. The summed E-state index contributed by atoms with van der Waals surface area (Å²) >= 11 is 0. The highest BCUT2D eigenvalue weighted by molar-refractivity contribution is 5.81. The van der Waals surface area contributed by atoms with Gasteiger partial charge in [0.15, 0.2) is 0 Å². The van der Waals surface area contributed by atoms with Crippen LogP contribution in [0.4, 0.5) is 0 Å². The van der Waals surface area contributed by atoms with Crippen molar-refractivity contribution < 1.29 is 9.47 Å². The van der Waals surface area contributed by atoms with Crippen LogP contribution < -0.4 is 4.74 Å². The number of hydrogen-bond acceptors (Lipinski definition) is 3. The van der Waals surface area contributed by atoms with Crippen LogP contribution in [-0.2, 0) is 4.74 Å². The van der Waals surface area contributed by atoms with Crippen LogP contribution in [0.25, 0.3) is 11.0 Å². The van der Waals surface area contributed by atoms with E-state index < -0.39 is 0 Å². The fraction of sp³-hybridized carbons (Fsp3) is 0.562. The van der Waals surface area contributed by atoms with Gasteiger partial charge in [-0.25, -0.2) is 0 Å². The molecule has 0 aliphatic carbocycles. The predicted octanol–water partition coefficient (Wildman–Crippen LogP) is 3.77. The molecule has 110 valence electrons. The topological polar surface area (TPSA) is 36.3 Å². The first kappa shape index (κ1) is 14.9. The van der Waals surface area contributed by atoms with Crippen LogP contribution in [0.3, 0.4) is 0 Å².